The summed E-state index contributed by atoms with van der Waals surface area (Å²) < 4.78 is 5.63. The van der Waals surface area contributed by atoms with Gasteiger partial charge in [-0.1, -0.05) is 25.1 Å². The Morgan fingerprint density at radius 2 is 1.88 bits per heavy atom. The van der Waals surface area contributed by atoms with Crippen molar-refractivity contribution < 1.29 is 18.8 Å². The Kier molecular flexibility index (Phi) is 7.94. The molecule has 0 bridgehead atoms. The van der Waals surface area contributed by atoms with Crippen molar-refractivity contribution in [1.29, 1.82) is 0 Å². The summed E-state index contributed by atoms with van der Waals surface area (Å²) in [6.45, 7) is 9.37. The molecule has 3 rings (SSSR count). The summed E-state index contributed by atoms with van der Waals surface area (Å²) in [4.78, 5) is 41.7. The maximum Gasteiger partial charge on any atom is 0.261 e. The fraction of sp³-hybridized carbons (Fsp3) is 0.346. The van der Waals surface area contributed by atoms with Gasteiger partial charge in [-0.3, -0.25) is 19.3 Å². The van der Waals surface area contributed by atoms with Crippen molar-refractivity contribution in [2.75, 3.05) is 11.4 Å². The molecule has 1 atom stereocenters. The molecule has 34 heavy (non-hydrogen) atoms. The average Bonchev–Trinajstić information content (AvgIpc) is 3.51. The van der Waals surface area contributed by atoms with Crippen LogP contribution in [0.2, 0.25) is 0 Å². The number of anilines is 1. The van der Waals surface area contributed by atoms with Crippen LogP contribution in [0.3, 0.4) is 0 Å². The minimum Gasteiger partial charge on any atom is -0.467 e. The molecule has 0 fully saturated rings. The van der Waals surface area contributed by atoms with Crippen LogP contribution in [-0.2, 0) is 9.59 Å². The standard InChI is InChI=1S/C26H31N3O4S/c1-6-26(4,5)28-25(32)23(20-9-7-13-33-20)29(19-15-17(2)11-12-18(19)3)22(30)16-27-24(31)21-10-8-14-34-21/h7-15,23H,6,16H2,1-5H3,(H,27,31)(H,28,32). The SMILES string of the molecule is CCC(C)(C)NC(=O)C(c1ccco1)N(C(=O)CNC(=O)c1cccs1)c1cc(C)ccc1C. The summed E-state index contributed by atoms with van der Waals surface area (Å²) in [5, 5.41) is 7.53. The number of carbonyl (C=O) groups is 3. The predicted octanol–water partition coefficient (Wildman–Crippen LogP) is 4.77. The van der Waals surface area contributed by atoms with E-state index < -0.39 is 17.5 Å². The highest BCUT2D eigenvalue weighted by molar-refractivity contribution is 7.12. The van der Waals surface area contributed by atoms with Gasteiger partial charge in [-0.2, -0.15) is 0 Å². The summed E-state index contributed by atoms with van der Waals surface area (Å²) in [7, 11) is 0. The fourth-order valence-electron chi connectivity index (χ4n) is 3.44. The maximum atomic E-state index is 13.7. The first-order chi connectivity index (χ1) is 16.1. The van der Waals surface area contributed by atoms with E-state index in [0.717, 1.165) is 11.1 Å². The Labute approximate surface area is 204 Å². The third-order valence-corrected chi connectivity index (χ3v) is 6.57. The lowest BCUT2D eigenvalue weighted by atomic mass is 10.00. The number of thiophene rings is 1. The minimum atomic E-state index is -1.05. The highest BCUT2D eigenvalue weighted by Crippen LogP contribution is 2.32. The third kappa shape index (κ3) is 5.94. The van der Waals surface area contributed by atoms with Crippen molar-refractivity contribution in [3.8, 4) is 0 Å². The summed E-state index contributed by atoms with van der Waals surface area (Å²) in [6, 6.07) is 11.5. The van der Waals surface area contributed by atoms with Crippen molar-refractivity contribution in [3.05, 3.63) is 75.9 Å². The molecule has 0 aliphatic heterocycles. The van der Waals surface area contributed by atoms with E-state index in [1.807, 2.05) is 52.8 Å². The zero-order chi connectivity index (χ0) is 24.9. The van der Waals surface area contributed by atoms with Crippen molar-refractivity contribution in [2.45, 2.75) is 52.6 Å². The normalized spacial score (nSPS) is 12.1. The summed E-state index contributed by atoms with van der Waals surface area (Å²) >= 11 is 1.29. The van der Waals surface area contributed by atoms with E-state index in [0.29, 0.717) is 22.7 Å². The van der Waals surface area contributed by atoms with Crippen LogP contribution in [0.15, 0.2) is 58.5 Å². The van der Waals surface area contributed by atoms with Crippen LogP contribution in [0.25, 0.3) is 0 Å². The van der Waals surface area contributed by atoms with Crippen LogP contribution in [0, 0.1) is 13.8 Å². The molecule has 7 nitrogen and oxygen atoms in total. The second-order valence-electron chi connectivity index (χ2n) is 8.86. The van der Waals surface area contributed by atoms with Gasteiger partial charge in [0.1, 0.15) is 5.76 Å². The summed E-state index contributed by atoms with van der Waals surface area (Å²) in [6.07, 6.45) is 2.18. The molecule has 0 aliphatic carbocycles. The fourth-order valence-corrected chi connectivity index (χ4v) is 4.08. The molecule has 0 spiro atoms. The molecule has 1 unspecified atom stereocenters. The topological polar surface area (TPSA) is 91.7 Å². The number of amides is 3. The number of aryl methyl sites for hydroxylation is 2. The van der Waals surface area contributed by atoms with Gasteiger partial charge in [0.15, 0.2) is 6.04 Å². The van der Waals surface area contributed by atoms with E-state index >= 15 is 0 Å². The first-order valence-corrected chi connectivity index (χ1v) is 12.1. The first-order valence-electron chi connectivity index (χ1n) is 11.2. The molecule has 0 saturated carbocycles. The first kappa shape index (κ1) is 25.2. The van der Waals surface area contributed by atoms with Gasteiger partial charge >= 0.3 is 0 Å². The lowest BCUT2D eigenvalue weighted by Crippen LogP contribution is -2.52. The molecule has 0 saturated heterocycles. The highest BCUT2D eigenvalue weighted by Gasteiger charge is 2.37. The summed E-state index contributed by atoms with van der Waals surface area (Å²) in [5.41, 5.74) is 1.86. The number of nitrogens with zero attached hydrogens (tertiary/aromatic N) is 1. The van der Waals surface area contributed by atoms with E-state index in [1.54, 1.807) is 29.6 Å². The molecule has 0 radical (unpaired) electrons. The predicted molar refractivity (Wildman–Crippen MR) is 134 cm³/mol. The molecular formula is C26H31N3O4S. The van der Waals surface area contributed by atoms with Gasteiger partial charge in [-0.15, -0.1) is 11.3 Å². The Morgan fingerprint density at radius 3 is 2.50 bits per heavy atom. The number of furan rings is 1. The van der Waals surface area contributed by atoms with Gasteiger partial charge in [0.05, 0.1) is 17.7 Å². The molecule has 2 aromatic heterocycles. The number of carbonyl (C=O) groups excluding carboxylic acids is 3. The van der Waals surface area contributed by atoms with Crippen LogP contribution < -0.4 is 15.5 Å². The Morgan fingerprint density at radius 1 is 1.12 bits per heavy atom. The number of benzene rings is 1. The van der Waals surface area contributed by atoms with Gasteiger partial charge in [0.25, 0.3) is 11.8 Å². The van der Waals surface area contributed by atoms with Gasteiger partial charge in [0.2, 0.25) is 5.91 Å². The van der Waals surface area contributed by atoms with E-state index in [2.05, 4.69) is 10.6 Å². The Bertz CT molecular complexity index is 1140. The van der Waals surface area contributed by atoms with E-state index in [4.69, 9.17) is 4.42 Å². The molecule has 2 N–H and O–H groups in total. The monoisotopic (exact) mass is 481 g/mol. The molecule has 3 amide bonds. The van der Waals surface area contributed by atoms with Crippen molar-refractivity contribution in [2.24, 2.45) is 0 Å². The zero-order valence-electron chi connectivity index (χ0n) is 20.2. The molecule has 8 heteroatoms. The van der Waals surface area contributed by atoms with Crippen LogP contribution in [0.5, 0.6) is 0 Å². The van der Waals surface area contributed by atoms with Crippen molar-refractivity contribution >= 4 is 34.7 Å². The van der Waals surface area contributed by atoms with Crippen molar-refractivity contribution in [1.82, 2.24) is 10.6 Å². The van der Waals surface area contributed by atoms with Crippen LogP contribution in [0.1, 0.15) is 59.8 Å². The Hall–Kier alpha value is -3.39. The molecule has 3 aromatic rings. The molecular weight excluding hydrogens is 450 g/mol. The quantitative estimate of drug-likeness (QED) is 0.461. The van der Waals surface area contributed by atoms with E-state index in [1.165, 1.54) is 22.5 Å². The number of rotatable bonds is 9. The van der Waals surface area contributed by atoms with Gasteiger partial charge in [0, 0.05) is 11.2 Å². The second-order valence-corrected chi connectivity index (χ2v) is 9.81. The average molecular weight is 482 g/mol. The Balaban J connectivity index is 2.02. The maximum absolute atomic E-state index is 13.7. The molecule has 180 valence electrons. The lowest BCUT2D eigenvalue weighted by Gasteiger charge is -2.34. The largest absolute Gasteiger partial charge is 0.467 e. The number of nitrogens with one attached hydrogen (secondary N) is 2. The number of hydrogen-bond donors (Lipinski definition) is 2. The third-order valence-electron chi connectivity index (χ3n) is 5.70. The van der Waals surface area contributed by atoms with Gasteiger partial charge in [-0.05, 0) is 74.9 Å². The smallest absolute Gasteiger partial charge is 0.261 e. The minimum absolute atomic E-state index is 0.272. The van der Waals surface area contributed by atoms with Crippen molar-refractivity contribution in [3.63, 3.8) is 0 Å². The van der Waals surface area contributed by atoms with E-state index in [9.17, 15) is 14.4 Å². The van der Waals surface area contributed by atoms with Gasteiger partial charge < -0.3 is 15.1 Å². The van der Waals surface area contributed by atoms with Gasteiger partial charge in [-0.25, -0.2) is 0 Å². The molecule has 2 heterocycles. The van der Waals surface area contributed by atoms with Crippen LogP contribution in [-0.4, -0.2) is 29.8 Å². The lowest BCUT2D eigenvalue weighted by molar-refractivity contribution is -0.128. The summed E-state index contributed by atoms with van der Waals surface area (Å²) in [5.74, 6) is -0.788. The highest BCUT2D eigenvalue weighted by atomic mass is 32.1. The van der Waals surface area contributed by atoms with Crippen LogP contribution in [0.4, 0.5) is 5.69 Å². The van der Waals surface area contributed by atoms with Crippen LogP contribution >= 0.6 is 11.3 Å². The number of hydrogen-bond acceptors (Lipinski definition) is 5. The zero-order valence-corrected chi connectivity index (χ0v) is 21.0. The second kappa shape index (κ2) is 10.7. The van der Waals surface area contributed by atoms with E-state index in [-0.39, 0.29) is 18.4 Å². The molecule has 0 aliphatic rings. The molecule has 1 aromatic carbocycles.